The Morgan fingerprint density at radius 1 is 1.25 bits per heavy atom. The largest absolute Gasteiger partial charge is 0.314 e. The van der Waals surface area contributed by atoms with Gasteiger partial charge in [0.05, 0.1) is 0 Å². The number of benzene rings is 1. The second-order valence-electron chi connectivity index (χ2n) is 7.07. The lowest BCUT2D eigenvalue weighted by Gasteiger charge is -2.22. The minimum atomic E-state index is -0.134. The van der Waals surface area contributed by atoms with Gasteiger partial charge in [-0.15, -0.1) is 0 Å². The summed E-state index contributed by atoms with van der Waals surface area (Å²) in [6.45, 7) is 7.76. The molecule has 0 aliphatic heterocycles. The van der Waals surface area contributed by atoms with Gasteiger partial charge < -0.3 is 5.32 Å². The van der Waals surface area contributed by atoms with Gasteiger partial charge in [0.1, 0.15) is 5.82 Å². The average Bonchev–Trinajstić information content (AvgIpc) is 2.54. The molecule has 1 N–H and O–H groups in total. The highest BCUT2D eigenvalue weighted by Crippen LogP contribution is 2.33. The summed E-state index contributed by atoms with van der Waals surface area (Å²) in [5, 5.41) is 3.70. The lowest BCUT2D eigenvalue weighted by atomic mass is 9.85. The smallest absolute Gasteiger partial charge is 0.123 e. The van der Waals surface area contributed by atoms with E-state index in [1.54, 1.807) is 12.1 Å². The van der Waals surface area contributed by atoms with Gasteiger partial charge in [-0.3, -0.25) is 0 Å². The molecular formula is C18H28FN. The Morgan fingerprint density at radius 3 is 2.80 bits per heavy atom. The molecule has 2 rings (SSSR count). The lowest BCUT2D eigenvalue weighted by molar-refractivity contribution is 0.310. The van der Waals surface area contributed by atoms with E-state index in [1.165, 1.54) is 37.7 Å². The van der Waals surface area contributed by atoms with Crippen LogP contribution in [0.15, 0.2) is 18.2 Å². The van der Waals surface area contributed by atoms with E-state index in [2.05, 4.69) is 19.2 Å². The molecule has 1 aliphatic carbocycles. The van der Waals surface area contributed by atoms with Gasteiger partial charge in [0.25, 0.3) is 0 Å². The summed E-state index contributed by atoms with van der Waals surface area (Å²) < 4.78 is 13.1. The summed E-state index contributed by atoms with van der Waals surface area (Å²) >= 11 is 0. The minimum Gasteiger partial charge on any atom is -0.314 e. The Hall–Kier alpha value is -0.890. The molecule has 0 amide bonds. The van der Waals surface area contributed by atoms with Crippen LogP contribution in [-0.4, -0.2) is 12.6 Å². The number of aryl methyl sites for hydroxylation is 1. The Kier molecular flexibility index (Phi) is 5.20. The van der Waals surface area contributed by atoms with Crippen molar-refractivity contribution in [2.45, 2.75) is 65.3 Å². The maximum Gasteiger partial charge on any atom is 0.123 e. The highest BCUT2D eigenvalue weighted by molar-refractivity contribution is 5.26. The van der Waals surface area contributed by atoms with Gasteiger partial charge in [0.2, 0.25) is 0 Å². The molecule has 1 aliphatic rings. The van der Waals surface area contributed by atoms with E-state index in [9.17, 15) is 4.39 Å². The molecule has 2 heteroatoms. The van der Waals surface area contributed by atoms with Gasteiger partial charge in [-0.25, -0.2) is 4.39 Å². The van der Waals surface area contributed by atoms with Crippen LogP contribution in [0, 0.1) is 18.2 Å². The van der Waals surface area contributed by atoms with Gasteiger partial charge in [-0.05, 0) is 74.2 Å². The molecule has 1 fully saturated rings. The van der Waals surface area contributed by atoms with E-state index in [4.69, 9.17) is 0 Å². The van der Waals surface area contributed by atoms with Gasteiger partial charge in [-0.2, -0.15) is 0 Å². The van der Waals surface area contributed by atoms with Crippen molar-refractivity contribution in [1.29, 1.82) is 0 Å². The van der Waals surface area contributed by atoms with Crippen LogP contribution in [-0.2, 0) is 6.42 Å². The van der Waals surface area contributed by atoms with Crippen LogP contribution in [0.4, 0.5) is 4.39 Å². The second-order valence-corrected chi connectivity index (χ2v) is 7.07. The Bertz CT molecular complexity index is 439. The van der Waals surface area contributed by atoms with Crippen LogP contribution in [0.1, 0.15) is 57.1 Å². The molecule has 1 unspecified atom stereocenters. The van der Waals surface area contributed by atoms with Crippen molar-refractivity contribution >= 4 is 0 Å². The Balaban J connectivity index is 1.78. The molecule has 0 spiro atoms. The topological polar surface area (TPSA) is 12.0 Å². The van der Waals surface area contributed by atoms with Crippen molar-refractivity contribution in [2.75, 3.05) is 6.54 Å². The van der Waals surface area contributed by atoms with E-state index < -0.39 is 0 Å². The van der Waals surface area contributed by atoms with Crippen molar-refractivity contribution in [3.8, 4) is 0 Å². The molecule has 0 bridgehead atoms. The maximum atomic E-state index is 13.1. The molecule has 20 heavy (non-hydrogen) atoms. The number of hydrogen-bond acceptors (Lipinski definition) is 1. The number of nitrogens with one attached hydrogen (secondary N) is 1. The van der Waals surface area contributed by atoms with E-state index >= 15 is 0 Å². The number of hydrogen-bond donors (Lipinski definition) is 1. The van der Waals surface area contributed by atoms with Crippen LogP contribution in [0.5, 0.6) is 0 Å². The second kappa shape index (κ2) is 6.71. The summed E-state index contributed by atoms with van der Waals surface area (Å²) in [4.78, 5) is 0. The number of rotatable bonds is 4. The van der Waals surface area contributed by atoms with Crippen molar-refractivity contribution < 1.29 is 4.39 Å². The molecule has 1 aromatic rings. The molecule has 112 valence electrons. The molecule has 0 radical (unpaired) electrons. The summed E-state index contributed by atoms with van der Waals surface area (Å²) in [6, 6.07) is 5.78. The van der Waals surface area contributed by atoms with Crippen molar-refractivity contribution in [2.24, 2.45) is 5.41 Å². The zero-order valence-electron chi connectivity index (χ0n) is 13.1. The van der Waals surface area contributed by atoms with Crippen LogP contribution in [0.25, 0.3) is 0 Å². The first-order valence-corrected chi connectivity index (χ1v) is 7.95. The first-order chi connectivity index (χ1) is 9.46. The fourth-order valence-electron chi connectivity index (χ4n) is 3.22. The molecule has 1 atom stereocenters. The minimum absolute atomic E-state index is 0.134. The van der Waals surface area contributed by atoms with E-state index in [0.29, 0.717) is 11.5 Å². The molecular weight excluding hydrogens is 249 g/mol. The maximum absolute atomic E-state index is 13.1. The van der Waals surface area contributed by atoms with E-state index in [0.717, 1.165) is 18.5 Å². The fraction of sp³-hybridized carbons (Fsp3) is 0.667. The zero-order chi connectivity index (χ0) is 14.6. The zero-order valence-corrected chi connectivity index (χ0v) is 13.1. The molecule has 1 saturated carbocycles. The predicted molar refractivity (Wildman–Crippen MR) is 83.5 cm³/mol. The van der Waals surface area contributed by atoms with E-state index in [1.807, 2.05) is 13.0 Å². The first-order valence-electron chi connectivity index (χ1n) is 7.95. The molecule has 1 nitrogen and oxygen atoms in total. The molecule has 1 aromatic carbocycles. The predicted octanol–water partition coefficient (Wildman–Crippen LogP) is 4.63. The van der Waals surface area contributed by atoms with Crippen LogP contribution in [0.2, 0.25) is 0 Å². The summed E-state index contributed by atoms with van der Waals surface area (Å²) in [7, 11) is 0. The quantitative estimate of drug-likeness (QED) is 0.792. The molecule has 0 heterocycles. The summed E-state index contributed by atoms with van der Waals surface area (Å²) in [6.07, 6.45) is 7.58. The number of halogens is 1. The van der Waals surface area contributed by atoms with Gasteiger partial charge in [0.15, 0.2) is 0 Å². The third kappa shape index (κ3) is 4.59. The molecule has 0 aromatic heterocycles. The summed E-state index contributed by atoms with van der Waals surface area (Å²) in [5.41, 5.74) is 2.84. The first kappa shape index (κ1) is 15.5. The summed E-state index contributed by atoms with van der Waals surface area (Å²) in [5.74, 6) is -0.134. The van der Waals surface area contributed by atoms with Crippen molar-refractivity contribution in [3.05, 3.63) is 35.1 Å². The van der Waals surface area contributed by atoms with Crippen LogP contribution < -0.4 is 5.32 Å². The van der Waals surface area contributed by atoms with E-state index in [-0.39, 0.29) is 5.82 Å². The van der Waals surface area contributed by atoms with Gasteiger partial charge >= 0.3 is 0 Å². The lowest BCUT2D eigenvalue weighted by Crippen LogP contribution is -2.30. The van der Waals surface area contributed by atoms with Crippen LogP contribution >= 0.6 is 0 Å². The third-order valence-electron chi connectivity index (χ3n) is 4.71. The SMILES string of the molecule is Cc1cc(F)ccc1CCNC1CCCC(C)(C)CC1. The van der Waals surface area contributed by atoms with Gasteiger partial charge in [0, 0.05) is 6.04 Å². The highest BCUT2D eigenvalue weighted by atomic mass is 19.1. The fourth-order valence-corrected chi connectivity index (χ4v) is 3.22. The van der Waals surface area contributed by atoms with Gasteiger partial charge in [-0.1, -0.05) is 26.3 Å². The average molecular weight is 277 g/mol. The van der Waals surface area contributed by atoms with Crippen molar-refractivity contribution in [3.63, 3.8) is 0 Å². The monoisotopic (exact) mass is 277 g/mol. The standard InChI is InChI=1S/C18H28FN/c1-14-13-16(19)7-6-15(14)9-12-20-17-5-4-10-18(2,3)11-8-17/h6-7,13,17,20H,4-5,8-12H2,1-3H3. The van der Waals surface area contributed by atoms with Crippen LogP contribution in [0.3, 0.4) is 0 Å². The Morgan fingerprint density at radius 2 is 2.05 bits per heavy atom. The molecule has 0 saturated heterocycles. The Labute approximate surface area is 123 Å². The third-order valence-corrected chi connectivity index (χ3v) is 4.71. The van der Waals surface area contributed by atoms with Crippen molar-refractivity contribution in [1.82, 2.24) is 5.32 Å². The normalized spacial score (nSPS) is 22.5. The highest BCUT2D eigenvalue weighted by Gasteiger charge is 2.23.